The number of H-pyrrole nitrogens is 2. The third-order valence-corrected chi connectivity index (χ3v) is 6.26. The Labute approximate surface area is 195 Å². The number of rotatable bonds is 5. The number of hydrogen-bond acceptors (Lipinski definition) is 5. The number of fused-ring (bicyclic) bond motifs is 3. The molecule has 7 nitrogen and oxygen atoms in total. The molecule has 0 saturated heterocycles. The van der Waals surface area contributed by atoms with Crippen molar-refractivity contribution < 1.29 is 4.42 Å². The SMILES string of the molecule is CCN(CC)c1ccc2cc(-c3cccc4[nH]c(-c5nc6ccccc6[nH]5)nc34)c(=O)oc2c1. The molecule has 3 heterocycles. The molecular weight excluding hydrogens is 426 g/mol. The molecule has 0 aliphatic carbocycles. The number of aromatic nitrogens is 4. The highest BCUT2D eigenvalue weighted by Gasteiger charge is 2.16. The highest BCUT2D eigenvalue weighted by molar-refractivity contribution is 5.95. The molecule has 0 spiro atoms. The van der Waals surface area contributed by atoms with Gasteiger partial charge in [-0.1, -0.05) is 24.3 Å². The molecule has 0 aliphatic rings. The number of aromatic amines is 2. The fourth-order valence-electron chi connectivity index (χ4n) is 4.50. The lowest BCUT2D eigenvalue weighted by atomic mass is 10.0. The number of benzene rings is 3. The second-order valence-electron chi connectivity index (χ2n) is 8.23. The third-order valence-electron chi connectivity index (χ3n) is 6.26. The fourth-order valence-corrected chi connectivity index (χ4v) is 4.50. The van der Waals surface area contributed by atoms with E-state index in [2.05, 4.69) is 39.8 Å². The van der Waals surface area contributed by atoms with Crippen LogP contribution in [-0.4, -0.2) is 33.0 Å². The molecule has 0 radical (unpaired) electrons. The minimum absolute atomic E-state index is 0.384. The van der Waals surface area contributed by atoms with Crippen molar-refractivity contribution >= 4 is 38.7 Å². The van der Waals surface area contributed by atoms with Gasteiger partial charge in [-0.3, -0.25) is 0 Å². The molecule has 6 aromatic rings. The number of nitrogens with one attached hydrogen (secondary N) is 2. The van der Waals surface area contributed by atoms with E-state index in [1.165, 1.54) is 0 Å². The van der Waals surface area contributed by atoms with Gasteiger partial charge in [0.2, 0.25) is 0 Å². The monoisotopic (exact) mass is 449 g/mol. The molecule has 3 aromatic heterocycles. The van der Waals surface area contributed by atoms with E-state index in [4.69, 9.17) is 9.40 Å². The first-order valence-corrected chi connectivity index (χ1v) is 11.4. The van der Waals surface area contributed by atoms with Crippen molar-refractivity contribution in [2.45, 2.75) is 13.8 Å². The first-order chi connectivity index (χ1) is 16.6. The lowest BCUT2D eigenvalue weighted by Crippen LogP contribution is -2.21. The Morgan fingerprint density at radius 3 is 2.41 bits per heavy atom. The quantitative estimate of drug-likeness (QED) is 0.328. The lowest BCUT2D eigenvalue weighted by molar-refractivity contribution is 0.563. The van der Waals surface area contributed by atoms with Gasteiger partial charge in [0, 0.05) is 35.8 Å². The average molecular weight is 450 g/mol. The molecule has 0 unspecified atom stereocenters. The van der Waals surface area contributed by atoms with Gasteiger partial charge in [0.25, 0.3) is 0 Å². The number of anilines is 1. The fraction of sp³-hybridized carbons (Fsp3) is 0.148. The highest BCUT2D eigenvalue weighted by Crippen LogP contribution is 2.30. The van der Waals surface area contributed by atoms with Crippen molar-refractivity contribution in [1.29, 1.82) is 0 Å². The van der Waals surface area contributed by atoms with Crippen molar-refractivity contribution in [3.8, 4) is 22.8 Å². The minimum Gasteiger partial charge on any atom is -0.422 e. The molecule has 0 fully saturated rings. The Balaban J connectivity index is 1.48. The van der Waals surface area contributed by atoms with E-state index in [1.807, 2.05) is 60.7 Å². The maximum atomic E-state index is 13.1. The van der Waals surface area contributed by atoms with Gasteiger partial charge < -0.3 is 19.3 Å². The van der Waals surface area contributed by atoms with Gasteiger partial charge in [-0.25, -0.2) is 14.8 Å². The summed E-state index contributed by atoms with van der Waals surface area (Å²) in [5, 5.41) is 0.871. The highest BCUT2D eigenvalue weighted by atomic mass is 16.4. The van der Waals surface area contributed by atoms with Gasteiger partial charge in [-0.05, 0) is 50.2 Å². The van der Waals surface area contributed by atoms with Crippen molar-refractivity contribution in [3.63, 3.8) is 0 Å². The molecule has 0 amide bonds. The molecule has 34 heavy (non-hydrogen) atoms. The normalized spacial score (nSPS) is 11.6. The van der Waals surface area contributed by atoms with Crippen LogP contribution in [0.5, 0.6) is 0 Å². The van der Waals surface area contributed by atoms with E-state index in [-0.39, 0.29) is 5.63 Å². The zero-order chi connectivity index (χ0) is 23.2. The third kappa shape index (κ3) is 3.25. The predicted molar refractivity (Wildman–Crippen MR) is 136 cm³/mol. The van der Waals surface area contributed by atoms with Gasteiger partial charge in [-0.15, -0.1) is 0 Å². The zero-order valence-corrected chi connectivity index (χ0v) is 18.9. The van der Waals surface area contributed by atoms with Crippen LogP contribution in [0.4, 0.5) is 5.69 Å². The largest absolute Gasteiger partial charge is 0.422 e. The maximum absolute atomic E-state index is 13.1. The average Bonchev–Trinajstić information content (AvgIpc) is 3.48. The Morgan fingerprint density at radius 1 is 0.824 bits per heavy atom. The van der Waals surface area contributed by atoms with Crippen LogP contribution in [0, 0.1) is 0 Å². The lowest BCUT2D eigenvalue weighted by Gasteiger charge is -2.21. The van der Waals surface area contributed by atoms with Crippen molar-refractivity contribution in [2.24, 2.45) is 0 Å². The van der Waals surface area contributed by atoms with Crippen LogP contribution in [0.15, 0.2) is 75.9 Å². The molecule has 0 aliphatic heterocycles. The van der Waals surface area contributed by atoms with Gasteiger partial charge in [0.15, 0.2) is 11.6 Å². The Hall–Kier alpha value is -4.39. The summed E-state index contributed by atoms with van der Waals surface area (Å²) in [4.78, 5) is 31.3. The summed E-state index contributed by atoms with van der Waals surface area (Å²) in [5.74, 6) is 1.27. The Bertz CT molecular complexity index is 1690. The Morgan fingerprint density at radius 2 is 1.59 bits per heavy atom. The van der Waals surface area contributed by atoms with Crippen LogP contribution in [0.25, 0.3) is 55.8 Å². The van der Waals surface area contributed by atoms with E-state index in [1.54, 1.807) is 0 Å². The standard InChI is InChI=1S/C27H23N5O2/c1-3-32(4-2)17-13-12-16-14-19(27(33)34-23(16)15-17)18-8-7-11-22-24(18)31-26(30-22)25-28-20-9-5-6-10-21(20)29-25/h5-15H,3-4H2,1-2H3,(H,28,29)(H,30,31). The first kappa shape index (κ1) is 20.2. The van der Waals surface area contributed by atoms with E-state index < -0.39 is 0 Å². The summed E-state index contributed by atoms with van der Waals surface area (Å²) >= 11 is 0. The van der Waals surface area contributed by atoms with E-state index in [0.717, 1.165) is 46.3 Å². The van der Waals surface area contributed by atoms with Gasteiger partial charge in [-0.2, -0.15) is 0 Å². The van der Waals surface area contributed by atoms with Crippen molar-refractivity contribution in [3.05, 3.63) is 77.2 Å². The summed E-state index contributed by atoms with van der Waals surface area (Å²) in [6.07, 6.45) is 0. The van der Waals surface area contributed by atoms with E-state index >= 15 is 0 Å². The zero-order valence-electron chi connectivity index (χ0n) is 18.9. The predicted octanol–water partition coefficient (Wildman–Crippen LogP) is 5.73. The minimum atomic E-state index is -0.384. The molecule has 2 N–H and O–H groups in total. The number of nitrogens with zero attached hydrogens (tertiary/aromatic N) is 3. The van der Waals surface area contributed by atoms with E-state index in [0.29, 0.717) is 28.3 Å². The number of imidazole rings is 2. The molecule has 3 aromatic carbocycles. The maximum Gasteiger partial charge on any atom is 0.344 e. The molecule has 6 rings (SSSR count). The van der Waals surface area contributed by atoms with Crippen LogP contribution < -0.4 is 10.5 Å². The summed E-state index contributed by atoms with van der Waals surface area (Å²) in [5.41, 5.74) is 5.78. The van der Waals surface area contributed by atoms with Gasteiger partial charge in [0.05, 0.1) is 27.6 Å². The van der Waals surface area contributed by atoms with Crippen LogP contribution in [0.3, 0.4) is 0 Å². The van der Waals surface area contributed by atoms with Crippen molar-refractivity contribution in [1.82, 2.24) is 19.9 Å². The second kappa shape index (κ2) is 7.88. The van der Waals surface area contributed by atoms with E-state index in [9.17, 15) is 4.79 Å². The molecular formula is C27H23N5O2. The smallest absolute Gasteiger partial charge is 0.344 e. The molecule has 7 heteroatoms. The molecule has 0 saturated carbocycles. The Kier molecular flexibility index (Phi) is 4.69. The van der Waals surface area contributed by atoms with Crippen LogP contribution in [-0.2, 0) is 0 Å². The topological polar surface area (TPSA) is 90.8 Å². The molecule has 0 atom stereocenters. The number of hydrogen-bond donors (Lipinski definition) is 2. The second-order valence-corrected chi connectivity index (χ2v) is 8.23. The first-order valence-electron chi connectivity index (χ1n) is 11.4. The summed E-state index contributed by atoms with van der Waals surface area (Å²) < 4.78 is 5.77. The summed E-state index contributed by atoms with van der Waals surface area (Å²) in [7, 11) is 0. The van der Waals surface area contributed by atoms with Gasteiger partial charge in [0.1, 0.15) is 5.58 Å². The van der Waals surface area contributed by atoms with Crippen LogP contribution in [0.2, 0.25) is 0 Å². The molecule has 0 bridgehead atoms. The summed E-state index contributed by atoms with van der Waals surface area (Å²) in [6.45, 7) is 5.99. The summed E-state index contributed by atoms with van der Waals surface area (Å²) in [6, 6.07) is 21.5. The van der Waals surface area contributed by atoms with Crippen LogP contribution >= 0.6 is 0 Å². The van der Waals surface area contributed by atoms with Crippen molar-refractivity contribution in [2.75, 3.05) is 18.0 Å². The number of para-hydroxylation sites is 3. The van der Waals surface area contributed by atoms with Crippen LogP contribution in [0.1, 0.15) is 13.8 Å². The van der Waals surface area contributed by atoms with Gasteiger partial charge >= 0.3 is 5.63 Å². The molecule has 168 valence electrons.